The van der Waals surface area contributed by atoms with Gasteiger partial charge in [0.15, 0.2) is 0 Å². The van der Waals surface area contributed by atoms with E-state index in [1.807, 2.05) is 18.2 Å². The van der Waals surface area contributed by atoms with Gasteiger partial charge in [0.2, 0.25) is 16.5 Å². The first-order chi connectivity index (χ1) is 14.7. The summed E-state index contributed by atoms with van der Waals surface area (Å²) in [6, 6.07) is 7.59. The third kappa shape index (κ3) is 2.41. The van der Waals surface area contributed by atoms with Crippen LogP contribution in [0.2, 0.25) is 0 Å². The van der Waals surface area contributed by atoms with Crippen molar-refractivity contribution in [3.05, 3.63) is 56.9 Å². The molecule has 0 radical (unpaired) electrons. The van der Waals surface area contributed by atoms with E-state index in [9.17, 15) is 13.8 Å². The Hall–Kier alpha value is -3.08. The number of pyridine rings is 2. The molecule has 0 saturated heterocycles. The molecule has 1 N–H and O–H groups in total. The number of carbonyl (C=O) groups is 1. The quantitative estimate of drug-likeness (QED) is 0.478. The maximum absolute atomic E-state index is 13.1. The van der Waals surface area contributed by atoms with Gasteiger partial charge in [-0.05, 0) is 24.3 Å². The second-order valence-corrected chi connectivity index (χ2v) is 8.45. The van der Waals surface area contributed by atoms with Crippen molar-refractivity contribution in [2.75, 3.05) is 6.73 Å². The lowest BCUT2D eigenvalue weighted by Crippen LogP contribution is -2.31. The minimum Gasteiger partial charge on any atom is -0.478 e. The van der Waals surface area contributed by atoms with Crippen LogP contribution in [0, 0.1) is 0 Å². The first-order valence-corrected chi connectivity index (χ1v) is 10.5. The van der Waals surface area contributed by atoms with Gasteiger partial charge in [-0.15, -0.1) is 0 Å². The predicted molar refractivity (Wildman–Crippen MR) is 106 cm³/mol. The zero-order valence-corrected chi connectivity index (χ0v) is 16.4. The van der Waals surface area contributed by atoms with Gasteiger partial charge >= 0.3 is 0 Å². The van der Waals surface area contributed by atoms with Crippen molar-refractivity contribution in [2.45, 2.75) is 25.1 Å². The summed E-state index contributed by atoms with van der Waals surface area (Å²) < 4.78 is 29.6. The molecule has 0 spiro atoms. The highest BCUT2D eigenvalue weighted by Crippen LogP contribution is 2.38. The number of carbonyl (C=O) groups excluding carboxylic acids is 1. The Kier molecular flexibility index (Phi) is 3.82. The van der Waals surface area contributed by atoms with Crippen molar-refractivity contribution in [1.29, 1.82) is 0 Å². The van der Waals surface area contributed by atoms with Gasteiger partial charge in [0.25, 0.3) is 12.0 Å². The molecule has 0 saturated carbocycles. The van der Waals surface area contributed by atoms with Crippen LogP contribution in [0.1, 0.15) is 27.7 Å². The topological polar surface area (TPSA) is 109 Å². The number of hydrogen-bond acceptors (Lipinski definition) is 8. The van der Waals surface area contributed by atoms with Crippen LogP contribution in [-0.4, -0.2) is 27.0 Å². The van der Waals surface area contributed by atoms with E-state index >= 15 is 0 Å². The molecule has 6 rings (SSSR count). The number of nitrogens with zero attached hydrogens (tertiary/aromatic N) is 2. The monoisotopic (exact) mass is 425 g/mol. The van der Waals surface area contributed by atoms with Gasteiger partial charge in [0.1, 0.15) is 12.5 Å². The first kappa shape index (κ1) is 17.8. The third-order valence-electron chi connectivity index (χ3n) is 5.71. The largest absolute Gasteiger partial charge is 0.478 e. The Balaban J connectivity index is 1.57. The molecule has 3 aliphatic rings. The van der Waals surface area contributed by atoms with Crippen LogP contribution in [0.15, 0.2) is 29.1 Å². The van der Waals surface area contributed by atoms with Crippen molar-refractivity contribution >= 4 is 28.5 Å². The molecule has 0 amide bonds. The minimum atomic E-state index is -1.87. The fourth-order valence-electron chi connectivity index (χ4n) is 4.33. The van der Waals surface area contributed by atoms with Gasteiger partial charge in [-0.2, -0.15) is 0 Å². The number of fused-ring (bicyclic) bond motifs is 7. The molecule has 0 bridgehead atoms. The number of hydrogen-bond donors (Lipinski definition) is 1. The van der Waals surface area contributed by atoms with Crippen molar-refractivity contribution in [3.63, 3.8) is 0 Å². The van der Waals surface area contributed by atoms with E-state index in [0.717, 1.165) is 27.8 Å². The summed E-state index contributed by atoms with van der Waals surface area (Å²) in [5.74, 6) is 0.833. The van der Waals surface area contributed by atoms with E-state index in [-0.39, 0.29) is 18.6 Å². The van der Waals surface area contributed by atoms with Crippen LogP contribution in [0.25, 0.3) is 22.3 Å². The van der Waals surface area contributed by atoms with Gasteiger partial charge in [0, 0.05) is 28.6 Å². The molecule has 2 aromatic heterocycles. The normalized spacial score (nSPS) is 21.2. The molecule has 0 aliphatic carbocycles. The Morgan fingerprint density at radius 3 is 3.07 bits per heavy atom. The zero-order valence-electron chi connectivity index (χ0n) is 15.5. The molecule has 2 unspecified atom stereocenters. The van der Waals surface area contributed by atoms with Crippen LogP contribution in [0.3, 0.4) is 0 Å². The Bertz CT molecular complexity index is 1330. The summed E-state index contributed by atoms with van der Waals surface area (Å²) in [5, 5.41) is 4.18. The Labute approximate surface area is 172 Å². The highest BCUT2D eigenvalue weighted by atomic mass is 32.2. The second-order valence-electron chi connectivity index (χ2n) is 7.26. The van der Waals surface area contributed by atoms with Crippen LogP contribution < -0.4 is 15.6 Å². The van der Waals surface area contributed by atoms with E-state index in [1.165, 1.54) is 0 Å². The average molecular weight is 425 g/mol. The summed E-state index contributed by atoms with van der Waals surface area (Å²) >= 11 is -1.87. The molecule has 3 aromatic rings. The van der Waals surface area contributed by atoms with Crippen LogP contribution in [-0.2, 0) is 44.5 Å². The number of ether oxygens (including phenoxy) is 2. The average Bonchev–Trinajstić information content (AvgIpc) is 3.12. The van der Waals surface area contributed by atoms with E-state index in [2.05, 4.69) is 5.32 Å². The van der Waals surface area contributed by atoms with Crippen molar-refractivity contribution in [1.82, 2.24) is 14.9 Å². The summed E-state index contributed by atoms with van der Waals surface area (Å²) in [4.78, 5) is 28.8. The summed E-state index contributed by atoms with van der Waals surface area (Å²) in [7, 11) is 0. The molecule has 30 heavy (non-hydrogen) atoms. The van der Waals surface area contributed by atoms with Crippen LogP contribution in [0.5, 0.6) is 5.75 Å². The van der Waals surface area contributed by atoms with Gasteiger partial charge in [-0.1, -0.05) is 0 Å². The Morgan fingerprint density at radius 1 is 1.30 bits per heavy atom. The van der Waals surface area contributed by atoms with Crippen LogP contribution in [0.4, 0.5) is 0 Å². The number of rotatable bonds is 2. The summed E-state index contributed by atoms with van der Waals surface area (Å²) in [6.45, 7) is 1.64. The molecule has 3 aliphatic heterocycles. The van der Waals surface area contributed by atoms with E-state index in [0.29, 0.717) is 42.3 Å². The maximum Gasteiger partial charge on any atom is 0.294 e. The van der Waals surface area contributed by atoms with Crippen molar-refractivity contribution in [2.24, 2.45) is 0 Å². The molecule has 10 heteroatoms. The van der Waals surface area contributed by atoms with E-state index < -0.39 is 16.5 Å². The number of aromatic nitrogens is 2. The fraction of sp³-hybridized carbons (Fsp3) is 0.250. The second kappa shape index (κ2) is 6.46. The first-order valence-electron chi connectivity index (χ1n) is 9.34. The van der Waals surface area contributed by atoms with Gasteiger partial charge in [-0.25, -0.2) is 9.19 Å². The van der Waals surface area contributed by atoms with Gasteiger partial charge < -0.3 is 14.0 Å². The molecule has 2 atom stereocenters. The number of nitrogens with one attached hydrogen (secondary N) is 1. The lowest BCUT2D eigenvalue weighted by molar-refractivity contribution is -0.130. The standard InChI is InChI=1S/C20H15N3O6S/c24-9-28-20-12-4-16-18-10(6-23(16)19(25)14(12)7-29-30(20)26)3-11-13-5-21-8-27-17(13)2-1-15(11)22-18/h1-4,9,20-21H,5-8H2. The molecule has 9 nitrogen and oxygen atoms in total. The Morgan fingerprint density at radius 2 is 2.20 bits per heavy atom. The maximum atomic E-state index is 13.1. The molecule has 0 fully saturated rings. The van der Waals surface area contributed by atoms with E-state index in [4.69, 9.17) is 18.6 Å². The highest BCUT2D eigenvalue weighted by molar-refractivity contribution is 7.80. The fourth-order valence-corrected chi connectivity index (χ4v) is 5.24. The molecular weight excluding hydrogens is 410 g/mol. The van der Waals surface area contributed by atoms with Gasteiger partial charge in [-0.3, -0.25) is 19.1 Å². The van der Waals surface area contributed by atoms with E-state index in [1.54, 1.807) is 10.6 Å². The molecule has 152 valence electrons. The predicted octanol–water partition coefficient (Wildman–Crippen LogP) is 1.23. The summed E-state index contributed by atoms with van der Waals surface area (Å²) in [6.07, 6.45) is 0. The minimum absolute atomic E-state index is 0.0952. The number of benzene rings is 1. The molecule has 5 heterocycles. The summed E-state index contributed by atoms with van der Waals surface area (Å²) in [5.41, 5.74) is 3.41. The zero-order chi connectivity index (χ0) is 20.4. The van der Waals surface area contributed by atoms with Crippen molar-refractivity contribution < 1.29 is 22.7 Å². The lowest BCUT2D eigenvalue weighted by Gasteiger charge is -2.23. The van der Waals surface area contributed by atoms with Gasteiger partial charge in [0.05, 0.1) is 35.6 Å². The lowest BCUT2D eigenvalue weighted by atomic mass is 10.0. The van der Waals surface area contributed by atoms with Crippen LogP contribution >= 0.6 is 0 Å². The highest BCUT2D eigenvalue weighted by Gasteiger charge is 2.35. The molecular formula is C20H15N3O6S. The smallest absolute Gasteiger partial charge is 0.294 e. The third-order valence-corrected chi connectivity index (χ3v) is 6.78. The van der Waals surface area contributed by atoms with Crippen molar-refractivity contribution in [3.8, 4) is 17.1 Å². The molecule has 1 aromatic carbocycles. The SMILES string of the molecule is O=COC1c2cc3n(c(=O)c2COS1=O)Cc1cc2c4c(ccc2nc1-3)OCNC4.